The second kappa shape index (κ2) is 8.00. The SMILES string of the molecule is Cc1ccc(Cl)cc1NC(=O)c1cccc(S(=O)(=O)N2CCCC[C@@H]2C)c1. The van der Waals surface area contributed by atoms with Crippen LogP contribution >= 0.6 is 11.6 Å². The second-order valence-electron chi connectivity index (χ2n) is 6.90. The van der Waals surface area contributed by atoms with Gasteiger partial charge in [-0.2, -0.15) is 4.31 Å². The van der Waals surface area contributed by atoms with Crippen molar-refractivity contribution in [3.8, 4) is 0 Å². The highest BCUT2D eigenvalue weighted by atomic mass is 35.5. The molecule has 27 heavy (non-hydrogen) atoms. The number of rotatable bonds is 4. The van der Waals surface area contributed by atoms with Gasteiger partial charge in [0.25, 0.3) is 5.91 Å². The van der Waals surface area contributed by atoms with E-state index in [1.165, 1.54) is 16.4 Å². The fourth-order valence-electron chi connectivity index (χ4n) is 3.29. The Morgan fingerprint density at radius 2 is 1.96 bits per heavy atom. The van der Waals surface area contributed by atoms with Crippen molar-refractivity contribution in [1.82, 2.24) is 4.31 Å². The van der Waals surface area contributed by atoms with Gasteiger partial charge in [-0.1, -0.05) is 30.2 Å². The van der Waals surface area contributed by atoms with Crippen molar-refractivity contribution in [3.05, 3.63) is 58.6 Å². The van der Waals surface area contributed by atoms with Crippen molar-refractivity contribution in [2.24, 2.45) is 0 Å². The van der Waals surface area contributed by atoms with Gasteiger partial charge in [-0.15, -0.1) is 0 Å². The summed E-state index contributed by atoms with van der Waals surface area (Å²) < 4.78 is 27.5. The van der Waals surface area contributed by atoms with Crippen LogP contribution in [0.25, 0.3) is 0 Å². The van der Waals surface area contributed by atoms with Crippen molar-refractivity contribution in [1.29, 1.82) is 0 Å². The largest absolute Gasteiger partial charge is 0.322 e. The van der Waals surface area contributed by atoms with Crippen LogP contribution in [0.3, 0.4) is 0 Å². The van der Waals surface area contributed by atoms with Crippen molar-refractivity contribution >= 4 is 33.2 Å². The molecule has 0 unspecified atom stereocenters. The minimum atomic E-state index is -3.62. The van der Waals surface area contributed by atoms with E-state index in [4.69, 9.17) is 11.6 Å². The number of amides is 1. The summed E-state index contributed by atoms with van der Waals surface area (Å²) in [6.07, 6.45) is 2.75. The third kappa shape index (κ3) is 4.34. The summed E-state index contributed by atoms with van der Waals surface area (Å²) in [7, 11) is -3.62. The first-order valence-electron chi connectivity index (χ1n) is 8.98. The minimum absolute atomic E-state index is 0.0321. The summed E-state index contributed by atoms with van der Waals surface area (Å²) in [5, 5.41) is 3.32. The van der Waals surface area contributed by atoms with Gasteiger partial charge in [-0.25, -0.2) is 8.42 Å². The summed E-state index contributed by atoms with van der Waals surface area (Å²) >= 11 is 5.99. The van der Waals surface area contributed by atoms with E-state index in [1.807, 2.05) is 19.9 Å². The van der Waals surface area contributed by atoms with E-state index in [2.05, 4.69) is 5.32 Å². The third-order valence-electron chi connectivity index (χ3n) is 4.89. The maximum absolute atomic E-state index is 13.0. The molecule has 5 nitrogen and oxygen atoms in total. The summed E-state index contributed by atoms with van der Waals surface area (Å²) in [5.74, 6) is -0.371. The Labute approximate surface area is 165 Å². The molecule has 144 valence electrons. The zero-order valence-corrected chi connectivity index (χ0v) is 17.0. The molecule has 1 aliphatic rings. The van der Waals surface area contributed by atoms with Crippen molar-refractivity contribution in [2.45, 2.75) is 44.0 Å². The molecule has 0 aliphatic carbocycles. The molecule has 1 atom stereocenters. The number of carbonyl (C=O) groups excluding carboxylic acids is 1. The standard InChI is InChI=1S/C20H23ClN2O3S/c1-14-9-10-17(21)13-19(14)22-20(24)16-7-5-8-18(12-16)27(25,26)23-11-4-3-6-15(23)2/h5,7-10,12-13,15H,3-4,6,11H2,1-2H3,(H,22,24)/t15-/m0/s1. The first-order valence-corrected chi connectivity index (χ1v) is 10.8. The molecule has 1 aliphatic heterocycles. The lowest BCUT2D eigenvalue weighted by molar-refractivity contribution is 0.102. The number of hydrogen-bond donors (Lipinski definition) is 1. The van der Waals surface area contributed by atoms with Crippen LogP contribution in [0.5, 0.6) is 0 Å². The number of nitrogens with zero attached hydrogens (tertiary/aromatic N) is 1. The molecular weight excluding hydrogens is 384 g/mol. The second-order valence-corrected chi connectivity index (χ2v) is 9.23. The first kappa shape index (κ1) is 19.9. The van der Waals surface area contributed by atoms with Gasteiger partial charge in [0.1, 0.15) is 0 Å². The average molecular weight is 407 g/mol. The fraction of sp³-hybridized carbons (Fsp3) is 0.350. The van der Waals surface area contributed by atoms with Gasteiger partial charge in [0, 0.05) is 28.9 Å². The van der Waals surface area contributed by atoms with Gasteiger partial charge in [0.2, 0.25) is 10.0 Å². The number of aryl methyl sites for hydroxylation is 1. The Morgan fingerprint density at radius 3 is 2.70 bits per heavy atom. The van der Waals surface area contributed by atoms with Gasteiger partial charge in [-0.3, -0.25) is 4.79 Å². The number of hydrogen-bond acceptors (Lipinski definition) is 3. The molecule has 0 aromatic heterocycles. The molecule has 1 saturated heterocycles. The molecular formula is C20H23ClN2O3S. The number of halogens is 1. The van der Waals surface area contributed by atoms with Crippen LogP contribution in [0.1, 0.15) is 42.1 Å². The highest BCUT2D eigenvalue weighted by Gasteiger charge is 2.31. The van der Waals surface area contributed by atoms with Gasteiger partial charge >= 0.3 is 0 Å². The van der Waals surface area contributed by atoms with E-state index in [1.54, 1.807) is 24.3 Å². The maximum atomic E-state index is 13.0. The van der Waals surface area contributed by atoms with Crippen LogP contribution in [-0.2, 0) is 10.0 Å². The molecule has 2 aromatic rings. The van der Waals surface area contributed by atoms with Crippen LogP contribution in [0.15, 0.2) is 47.4 Å². The molecule has 0 bridgehead atoms. The summed E-state index contributed by atoms with van der Waals surface area (Å²) in [6, 6.07) is 11.4. The zero-order chi connectivity index (χ0) is 19.6. The third-order valence-corrected chi connectivity index (χ3v) is 7.14. The Hall–Kier alpha value is -1.89. The molecule has 1 fully saturated rings. The van der Waals surface area contributed by atoms with Crippen LogP contribution < -0.4 is 5.32 Å². The predicted octanol–water partition coefficient (Wildman–Crippen LogP) is 4.46. The minimum Gasteiger partial charge on any atom is -0.322 e. The quantitative estimate of drug-likeness (QED) is 0.814. The number of sulfonamides is 1. The monoisotopic (exact) mass is 406 g/mol. The lowest BCUT2D eigenvalue weighted by Crippen LogP contribution is -2.41. The molecule has 7 heteroatoms. The van der Waals surface area contributed by atoms with Gasteiger partial charge in [0.05, 0.1) is 4.90 Å². The van der Waals surface area contributed by atoms with E-state index < -0.39 is 10.0 Å². The molecule has 1 amide bonds. The molecule has 3 rings (SSSR count). The Kier molecular flexibility index (Phi) is 5.89. The molecule has 1 N–H and O–H groups in total. The number of nitrogens with one attached hydrogen (secondary N) is 1. The van der Waals surface area contributed by atoms with E-state index in [9.17, 15) is 13.2 Å². The normalized spacial score (nSPS) is 18.3. The van der Waals surface area contributed by atoms with Crippen LogP contribution in [0, 0.1) is 6.92 Å². The van der Waals surface area contributed by atoms with Crippen LogP contribution in [0.2, 0.25) is 5.02 Å². The molecule has 0 spiro atoms. The van der Waals surface area contributed by atoms with E-state index >= 15 is 0 Å². The molecule has 0 saturated carbocycles. The average Bonchev–Trinajstić information content (AvgIpc) is 2.65. The lowest BCUT2D eigenvalue weighted by atomic mass is 10.1. The predicted molar refractivity (Wildman–Crippen MR) is 108 cm³/mol. The number of piperidine rings is 1. The van der Waals surface area contributed by atoms with Crippen molar-refractivity contribution < 1.29 is 13.2 Å². The number of benzene rings is 2. The maximum Gasteiger partial charge on any atom is 0.255 e. The van der Waals surface area contributed by atoms with E-state index in [-0.39, 0.29) is 16.8 Å². The summed E-state index contributed by atoms with van der Waals surface area (Å²) in [6.45, 7) is 4.31. The van der Waals surface area contributed by atoms with Gasteiger partial charge < -0.3 is 5.32 Å². The lowest BCUT2D eigenvalue weighted by Gasteiger charge is -2.32. The molecule has 1 heterocycles. The highest BCUT2D eigenvalue weighted by Crippen LogP contribution is 2.26. The first-order chi connectivity index (χ1) is 12.8. The van der Waals surface area contributed by atoms with Crippen molar-refractivity contribution in [3.63, 3.8) is 0 Å². The van der Waals surface area contributed by atoms with Gasteiger partial charge in [0.15, 0.2) is 0 Å². The smallest absolute Gasteiger partial charge is 0.255 e. The highest BCUT2D eigenvalue weighted by molar-refractivity contribution is 7.89. The van der Waals surface area contributed by atoms with E-state index in [0.29, 0.717) is 22.8 Å². The Bertz CT molecular complexity index is 959. The summed E-state index contributed by atoms with van der Waals surface area (Å²) in [5.41, 5.74) is 1.77. The van der Waals surface area contributed by atoms with E-state index in [0.717, 1.165) is 24.8 Å². The fourth-order valence-corrected chi connectivity index (χ4v) is 5.20. The molecule has 2 aromatic carbocycles. The Balaban J connectivity index is 1.86. The Morgan fingerprint density at radius 1 is 1.19 bits per heavy atom. The van der Waals surface area contributed by atoms with Crippen LogP contribution in [0.4, 0.5) is 5.69 Å². The number of carbonyl (C=O) groups is 1. The summed E-state index contributed by atoms with van der Waals surface area (Å²) in [4.78, 5) is 12.8. The topological polar surface area (TPSA) is 66.5 Å². The van der Waals surface area contributed by atoms with Gasteiger partial charge in [-0.05, 0) is 62.6 Å². The number of anilines is 1. The molecule has 0 radical (unpaired) electrons. The van der Waals surface area contributed by atoms with Crippen LogP contribution in [-0.4, -0.2) is 31.2 Å². The zero-order valence-electron chi connectivity index (χ0n) is 15.4. The van der Waals surface area contributed by atoms with Crippen molar-refractivity contribution in [2.75, 3.05) is 11.9 Å².